The molecule has 3 rings (SSSR count). The molecule has 0 saturated heterocycles. The molecule has 1 N–H and O–H groups in total. The Morgan fingerprint density at radius 1 is 0.760 bits per heavy atom. The van der Waals surface area contributed by atoms with Gasteiger partial charge in [-0.15, -0.1) is 0 Å². The first-order valence-electron chi connectivity index (χ1n) is 8.26. The van der Waals surface area contributed by atoms with E-state index in [1.807, 2.05) is 86.6 Å². The average molecular weight is 331 g/mol. The molecule has 0 spiro atoms. The molecule has 0 heterocycles. The summed E-state index contributed by atoms with van der Waals surface area (Å²) in [5.74, 6) is 0. The van der Waals surface area contributed by atoms with Crippen molar-refractivity contribution >= 4 is 11.8 Å². The van der Waals surface area contributed by atoms with Crippen LogP contribution in [0.15, 0.2) is 84.9 Å². The number of carbonyl (C=O) groups excluding carboxylic acids is 1. The third-order valence-electron chi connectivity index (χ3n) is 4.06. The van der Waals surface area contributed by atoms with Crippen LogP contribution in [0, 0.1) is 0 Å². The van der Waals surface area contributed by atoms with Crippen molar-refractivity contribution < 1.29 is 9.53 Å². The number of para-hydroxylation sites is 1. The molecule has 3 nitrogen and oxygen atoms in total. The largest absolute Gasteiger partial charge is 0.438 e. The van der Waals surface area contributed by atoms with Crippen LogP contribution in [0.2, 0.25) is 0 Å². The number of benzene rings is 3. The van der Waals surface area contributed by atoms with Crippen LogP contribution < -0.4 is 5.32 Å². The van der Waals surface area contributed by atoms with Gasteiger partial charge in [0.2, 0.25) is 0 Å². The average Bonchev–Trinajstić information content (AvgIpc) is 2.63. The van der Waals surface area contributed by atoms with E-state index < -0.39 is 11.7 Å². The van der Waals surface area contributed by atoms with Gasteiger partial charge in [-0.1, -0.05) is 72.8 Å². The number of nitrogens with one attached hydrogen (secondary N) is 1. The van der Waals surface area contributed by atoms with Gasteiger partial charge in [0, 0.05) is 5.69 Å². The normalized spacial score (nSPS) is 11.0. The van der Waals surface area contributed by atoms with Crippen molar-refractivity contribution in [2.75, 3.05) is 5.32 Å². The van der Waals surface area contributed by atoms with Crippen LogP contribution in [0.25, 0.3) is 11.1 Å². The molecule has 0 radical (unpaired) electrons. The van der Waals surface area contributed by atoms with Crippen molar-refractivity contribution in [2.24, 2.45) is 0 Å². The van der Waals surface area contributed by atoms with Gasteiger partial charge >= 0.3 is 6.09 Å². The predicted molar refractivity (Wildman–Crippen MR) is 101 cm³/mol. The Morgan fingerprint density at radius 3 is 1.88 bits per heavy atom. The molecule has 25 heavy (non-hydrogen) atoms. The van der Waals surface area contributed by atoms with Gasteiger partial charge in [-0.05, 0) is 42.7 Å². The lowest BCUT2D eigenvalue weighted by Crippen LogP contribution is -2.28. The molecular weight excluding hydrogens is 310 g/mol. The molecule has 0 aliphatic heterocycles. The summed E-state index contributed by atoms with van der Waals surface area (Å²) in [6, 6.07) is 27.5. The smallest absolute Gasteiger partial charge is 0.412 e. The quantitative estimate of drug-likeness (QED) is 0.652. The maximum Gasteiger partial charge on any atom is 0.412 e. The topological polar surface area (TPSA) is 38.3 Å². The molecule has 0 atom stereocenters. The van der Waals surface area contributed by atoms with E-state index >= 15 is 0 Å². The zero-order chi connectivity index (χ0) is 17.7. The lowest BCUT2D eigenvalue weighted by Gasteiger charge is -2.26. The van der Waals surface area contributed by atoms with Crippen molar-refractivity contribution in [1.29, 1.82) is 0 Å². The summed E-state index contributed by atoms with van der Waals surface area (Å²) in [4.78, 5) is 12.2. The van der Waals surface area contributed by atoms with Gasteiger partial charge < -0.3 is 4.74 Å². The molecule has 0 fully saturated rings. The van der Waals surface area contributed by atoms with Crippen molar-refractivity contribution in [3.8, 4) is 11.1 Å². The lowest BCUT2D eigenvalue weighted by atomic mass is 9.95. The van der Waals surface area contributed by atoms with Crippen LogP contribution in [0.5, 0.6) is 0 Å². The molecule has 0 unspecified atom stereocenters. The lowest BCUT2D eigenvalue weighted by molar-refractivity contribution is 0.0467. The predicted octanol–water partition coefficient (Wildman–Crippen LogP) is 5.84. The van der Waals surface area contributed by atoms with Crippen molar-refractivity contribution in [1.82, 2.24) is 0 Å². The Labute approximate surface area is 148 Å². The molecule has 0 saturated carbocycles. The van der Waals surface area contributed by atoms with E-state index in [2.05, 4.69) is 17.4 Å². The molecule has 0 aliphatic rings. The minimum atomic E-state index is -0.728. The molecule has 3 heteroatoms. The molecule has 0 aliphatic carbocycles. The Hall–Kier alpha value is -3.07. The third-order valence-corrected chi connectivity index (χ3v) is 4.06. The van der Waals surface area contributed by atoms with Gasteiger partial charge in [-0.2, -0.15) is 0 Å². The number of amides is 1. The summed E-state index contributed by atoms with van der Waals surface area (Å²) in [6.07, 6.45) is -0.469. The van der Waals surface area contributed by atoms with E-state index in [9.17, 15) is 4.79 Å². The second kappa shape index (κ2) is 7.22. The van der Waals surface area contributed by atoms with Gasteiger partial charge in [-0.25, -0.2) is 4.79 Å². The van der Waals surface area contributed by atoms with Crippen molar-refractivity contribution in [3.63, 3.8) is 0 Å². The summed E-state index contributed by atoms with van der Waals surface area (Å²) in [5.41, 5.74) is 3.22. The maximum atomic E-state index is 12.2. The number of hydrogen-bond acceptors (Lipinski definition) is 2. The van der Waals surface area contributed by atoms with E-state index in [1.54, 1.807) is 0 Å². The summed E-state index contributed by atoms with van der Waals surface area (Å²) >= 11 is 0. The highest BCUT2D eigenvalue weighted by Crippen LogP contribution is 2.28. The monoisotopic (exact) mass is 331 g/mol. The third kappa shape index (κ3) is 4.27. The van der Waals surface area contributed by atoms with Gasteiger partial charge in [-0.3, -0.25) is 5.32 Å². The first-order chi connectivity index (χ1) is 12.0. The van der Waals surface area contributed by atoms with Crippen LogP contribution in [0.4, 0.5) is 10.5 Å². The molecule has 126 valence electrons. The Kier molecular flexibility index (Phi) is 4.85. The van der Waals surface area contributed by atoms with Crippen LogP contribution in [0.1, 0.15) is 19.4 Å². The number of hydrogen-bond donors (Lipinski definition) is 1. The van der Waals surface area contributed by atoms with Gasteiger partial charge in [0.25, 0.3) is 0 Å². The summed E-state index contributed by atoms with van der Waals surface area (Å²) in [5, 5.41) is 2.74. The number of ether oxygens (including phenoxy) is 1. The summed E-state index contributed by atoms with van der Waals surface area (Å²) in [7, 11) is 0. The van der Waals surface area contributed by atoms with Gasteiger partial charge in [0.05, 0.1) is 0 Å². The van der Waals surface area contributed by atoms with E-state index in [1.165, 1.54) is 0 Å². The first-order valence-corrected chi connectivity index (χ1v) is 8.26. The number of anilines is 1. The summed E-state index contributed by atoms with van der Waals surface area (Å²) < 4.78 is 5.62. The molecule has 1 amide bonds. The van der Waals surface area contributed by atoms with Crippen LogP contribution >= 0.6 is 0 Å². The highest BCUT2D eigenvalue weighted by atomic mass is 16.6. The highest BCUT2D eigenvalue weighted by molar-refractivity contribution is 5.84. The standard InChI is InChI=1S/C22H21NO2/c1-22(2,25-21(24)23-20-11-7-4-8-12-20)19-15-13-18(14-16-19)17-9-5-3-6-10-17/h3-16H,1-2H3,(H,23,24). The fourth-order valence-electron chi connectivity index (χ4n) is 2.65. The van der Waals surface area contributed by atoms with Crippen LogP contribution in [-0.2, 0) is 10.3 Å². The van der Waals surface area contributed by atoms with Crippen molar-refractivity contribution in [2.45, 2.75) is 19.4 Å². The first kappa shape index (κ1) is 16.8. The van der Waals surface area contributed by atoms with Crippen molar-refractivity contribution in [3.05, 3.63) is 90.5 Å². The maximum absolute atomic E-state index is 12.2. The van der Waals surface area contributed by atoms with Gasteiger partial charge in [0.1, 0.15) is 5.60 Å². The molecule has 0 aromatic heterocycles. The highest BCUT2D eigenvalue weighted by Gasteiger charge is 2.25. The van der Waals surface area contributed by atoms with Crippen LogP contribution in [-0.4, -0.2) is 6.09 Å². The Bertz CT molecular complexity index is 825. The second-order valence-electron chi connectivity index (χ2n) is 6.33. The molecule has 3 aromatic rings. The fraction of sp³-hybridized carbons (Fsp3) is 0.136. The minimum absolute atomic E-state index is 0.469. The summed E-state index contributed by atoms with van der Waals surface area (Å²) in [6.45, 7) is 3.77. The molecule has 0 bridgehead atoms. The Balaban J connectivity index is 1.70. The molecule has 3 aromatic carbocycles. The minimum Gasteiger partial charge on any atom is -0.438 e. The van der Waals surface area contributed by atoms with E-state index in [0.717, 1.165) is 16.7 Å². The van der Waals surface area contributed by atoms with E-state index in [4.69, 9.17) is 4.74 Å². The SMILES string of the molecule is CC(C)(OC(=O)Nc1ccccc1)c1ccc(-c2ccccc2)cc1. The number of rotatable bonds is 4. The van der Waals surface area contributed by atoms with E-state index in [-0.39, 0.29) is 0 Å². The van der Waals surface area contributed by atoms with E-state index in [0.29, 0.717) is 5.69 Å². The number of carbonyl (C=O) groups is 1. The second-order valence-corrected chi connectivity index (χ2v) is 6.33. The zero-order valence-corrected chi connectivity index (χ0v) is 14.4. The molecular formula is C22H21NO2. The van der Waals surface area contributed by atoms with Gasteiger partial charge in [0.15, 0.2) is 0 Å². The zero-order valence-electron chi connectivity index (χ0n) is 14.4. The fourth-order valence-corrected chi connectivity index (χ4v) is 2.65. The van der Waals surface area contributed by atoms with Crippen LogP contribution in [0.3, 0.4) is 0 Å². The Morgan fingerprint density at radius 2 is 1.28 bits per heavy atom.